The maximum atomic E-state index is 4.67. The predicted octanol–water partition coefficient (Wildman–Crippen LogP) is 2.80. The van der Waals surface area contributed by atoms with Crippen molar-refractivity contribution in [2.24, 2.45) is 23.9 Å². The van der Waals surface area contributed by atoms with Gasteiger partial charge in [0.15, 0.2) is 5.96 Å². The van der Waals surface area contributed by atoms with Gasteiger partial charge < -0.3 is 10.2 Å². The van der Waals surface area contributed by atoms with Gasteiger partial charge in [-0.2, -0.15) is 5.10 Å². The molecule has 2 aliphatic carbocycles. The summed E-state index contributed by atoms with van der Waals surface area (Å²) in [5.41, 5.74) is 0. The highest BCUT2D eigenvalue weighted by Crippen LogP contribution is 2.44. The van der Waals surface area contributed by atoms with E-state index in [2.05, 4.69) is 39.3 Å². The SMILES string of the molecule is CCN=C(NC1CC1C1CCCCC1)N(C)Cc1ncnn1C.I. The lowest BCUT2D eigenvalue weighted by molar-refractivity contribution is 0.314. The van der Waals surface area contributed by atoms with Crippen LogP contribution in [0.25, 0.3) is 0 Å². The zero-order chi connectivity index (χ0) is 16.2. The average Bonchev–Trinajstić information content (AvgIpc) is 3.22. The van der Waals surface area contributed by atoms with Crippen molar-refractivity contribution in [3.05, 3.63) is 12.2 Å². The van der Waals surface area contributed by atoms with Crippen molar-refractivity contribution < 1.29 is 0 Å². The fourth-order valence-electron chi connectivity index (χ4n) is 3.81. The number of guanidine groups is 1. The molecule has 0 amide bonds. The molecule has 2 aliphatic rings. The molecule has 2 unspecified atom stereocenters. The highest BCUT2D eigenvalue weighted by atomic mass is 127. The van der Waals surface area contributed by atoms with Gasteiger partial charge in [-0.25, -0.2) is 4.98 Å². The molecule has 136 valence electrons. The first-order chi connectivity index (χ1) is 11.2. The first kappa shape index (κ1) is 19.5. The first-order valence-electron chi connectivity index (χ1n) is 9.04. The van der Waals surface area contributed by atoms with E-state index in [4.69, 9.17) is 0 Å². The summed E-state index contributed by atoms with van der Waals surface area (Å²) in [5, 5.41) is 7.83. The van der Waals surface area contributed by atoms with Gasteiger partial charge in [-0.05, 0) is 25.2 Å². The molecule has 2 fully saturated rings. The van der Waals surface area contributed by atoms with Crippen molar-refractivity contribution in [3.63, 3.8) is 0 Å². The van der Waals surface area contributed by atoms with E-state index in [1.807, 2.05) is 11.7 Å². The summed E-state index contributed by atoms with van der Waals surface area (Å²) in [4.78, 5) is 11.1. The third kappa shape index (κ3) is 4.83. The Labute approximate surface area is 162 Å². The molecule has 0 saturated heterocycles. The van der Waals surface area contributed by atoms with Crippen LogP contribution in [-0.4, -0.2) is 45.3 Å². The van der Waals surface area contributed by atoms with Crippen LogP contribution >= 0.6 is 24.0 Å². The van der Waals surface area contributed by atoms with E-state index in [9.17, 15) is 0 Å². The summed E-state index contributed by atoms with van der Waals surface area (Å²) in [7, 11) is 4.01. The molecule has 6 nitrogen and oxygen atoms in total. The van der Waals surface area contributed by atoms with Gasteiger partial charge >= 0.3 is 0 Å². The summed E-state index contributed by atoms with van der Waals surface area (Å²) >= 11 is 0. The monoisotopic (exact) mass is 446 g/mol. The van der Waals surface area contributed by atoms with E-state index in [-0.39, 0.29) is 24.0 Å². The number of rotatable bonds is 5. The Bertz CT molecular complexity index is 537. The van der Waals surface area contributed by atoms with Crippen molar-refractivity contribution in [1.29, 1.82) is 0 Å². The zero-order valence-electron chi connectivity index (χ0n) is 15.1. The molecule has 1 aromatic rings. The van der Waals surface area contributed by atoms with Crippen molar-refractivity contribution in [3.8, 4) is 0 Å². The number of aromatic nitrogens is 3. The molecule has 0 spiro atoms. The van der Waals surface area contributed by atoms with Crippen LogP contribution in [0.5, 0.6) is 0 Å². The van der Waals surface area contributed by atoms with Gasteiger partial charge in [-0.15, -0.1) is 24.0 Å². The predicted molar refractivity (Wildman–Crippen MR) is 107 cm³/mol. The summed E-state index contributed by atoms with van der Waals surface area (Å²) in [6.07, 6.45) is 10.1. The minimum atomic E-state index is 0. The van der Waals surface area contributed by atoms with Gasteiger partial charge in [0.25, 0.3) is 0 Å². The van der Waals surface area contributed by atoms with Gasteiger partial charge in [0.05, 0.1) is 6.54 Å². The van der Waals surface area contributed by atoms with Crippen LogP contribution in [0.3, 0.4) is 0 Å². The van der Waals surface area contributed by atoms with Crippen LogP contribution in [0.15, 0.2) is 11.3 Å². The fourth-order valence-corrected chi connectivity index (χ4v) is 3.81. The average molecular weight is 446 g/mol. The third-order valence-corrected chi connectivity index (χ3v) is 5.26. The third-order valence-electron chi connectivity index (χ3n) is 5.26. The number of aryl methyl sites for hydroxylation is 1. The van der Waals surface area contributed by atoms with Gasteiger partial charge in [0.1, 0.15) is 12.2 Å². The molecule has 1 heterocycles. The van der Waals surface area contributed by atoms with E-state index >= 15 is 0 Å². The molecule has 0 bridgehead atoms. The summed E-state index contributed by atoms with van der Waals surface area (Å²) in [6.45, 7) is 3.61. The summed E-state index contributed by atoms with van der Waals surface area (Å²) in [5.74, 6) is 3.75. The molecule has 2 atom stereocenters. The van der Waals surface area contributed by atoms with Gasteiger partial charge in [0, 0.05) is 26.7 Å². The lowest BCUT2D eigenvalue weighted by Gasteiger charge is -2.24. The molecule has 0 aliphatic heterocycles. The summed E-state index contributed by atoms with van der Waals surface area (Å²) < 4.78 is 1.82. The Morgan fingerprint density at radius 1 is 1.38 bits per heavy atom. The Morgan fingerprint density at radius 2 is 2.12 bits per heavy atom. The molecule has 0 radical (unpaired) electrons. The van der Waals surface area contributed by atoms with E-state index in [1.165, 1.54) is 38.5 Å². The van der Waals surface area contributed by atoms with Gasteiger partial charge in [-0.1, -0.05) is 32.1 Å². The molecule has 1 aromatic heterocycles. The fraction of sp³-hybridized carbons (Fsp3) is 0.824. The van der Waals surface area contributed by atoms with Crippen molar-refractivity contribution in [2.75, 3.05) is 13.6 Å². The molecule has 2 saturated carbocycles. The first-order valence-corrected chi connectivity index (χ1v) is 9.04. The Kier molecular flexibility index (Phi) is 7.31. The van der Waals surface area contributed by atoms with Crippen LogP contribution in [0, 0.1) is 11.8 Å². The van der Waals surface area contributed by atoms with Crippen molar-refractivity contribution in [2.45, 2.75) is 58.0 Å². The second-order valence-corrected chi connectivity index (χ2v) is 7.00. The number of hydrogen-bond acceptors (Lipinski definition) is 3. The minimum Gasteiger partial charge on any atom is -0.353 e. The molecule has 24 heavy (non-hydrogen) atoms. The van der Waals surface area contributed by atoms with E-state index < -0.39 is 0 Å². The maximum absolute atomic E-state index is 4.67. The van der Waals surface area contributed by atoms with Gasteiger partial charge in [-0.3, -0.25) is 9.67 Å². The van der Waals surface area contributed by atoms with Crippen molar-refractivity contribution in [1.82, 2.24) is 25.0 Å². The van der Waals surface area contributed by atoms with Crippen LogP contribution in [-0.2, 0) is 13.6 Å². The van der Waals surface area contributed by atoms with Crippen LogP contribution in [0.4, 0.5) is 0 Å². The van der Waals surface area contributed by atoms with E-state index in [0.717, 1.165) is 36.7 Å². The number of halogens is 1. The van der Waals surface area contributed by atoms with Crippen LogP contribution in [0.2, 0.25) is 0 Å². The number of nitrogens with zero attached hydrogens (tertiary/aromatic N) is 5. The standard InChI is InChI=1S/C17H30N6.HI/c1-4-18-17(22(2)11-16-19-12-20-23(16)3)21-15-10-14(15)13-8-6-5-7-9-13;/h12-15H,4-11H2,1-3H3,(H,18,21);1H. The van der Waals surface area contributed by atoms with Crippen LogP contribution < -0.4 is 5.32 Å². The topological polar surface area (TPSA) is 58.3 Å². The number of aliphatic imine (C=N–C) groups is 1. The molecular weight excluding hydrogens is 415 g/mol. The lowest BCUT2D eigenvalue weighted by Crippen LogP contribution is -2.41. The second kappa shape index (κ2) is 9.01. The second-order valence-electron chi connectivity index (χ2n) is 7.00. The van der Waals surface area contributed by atoms with Crippen LogP contribution in [0.1, 0.15) is 51.3 Å². The van der Waals surface area contributed by atoms with Gasteiger partial charge in [0.2, 0.25) is 0 Å². The van der Waals surface area contributed by atoms with E-state index in [0.29, 0.717) is 6.04 Å². The number of nitrogens with one attached hydrogen (secondary N) is 1. The maximum Gasteiger partial charge on any atom is 0.194 e. The zero-order valence-corrected chi connectivity index (χ0v) is 17.4. The normalized spacial score (nSPS) is 24.4. The lowest BCUT2D eigenvalue weighted by atomic mass is 9.85. The Hall–Kier alpha value is -0.860. The molecular formula is C17H31IN6. The quantitative estimate of drug-likeness (QED) is 0.430. The Balaban J connectivity index is 0.00000208. The highest BCUT2D eigenvalue weighted by molar-refractivity contribution is 14.0. The Morgan fingerprint density at radius 3 is 2.75 bits per heavy atom. The smallest absolute Gasteiger partial charge is 0.194 e. The van der Waals surface area contributed by atoms with E-state index in [1.54, 1.807) is 6.33 Å². The molecule has 7 heteroatoms. The summed E-state index contributed by atoms with van der Waals surface area (Å²) in [6, 6.07) is 0.616. The minimum absolute atomic E-state index is 0. The highest BCUT2D eigenvalue weighted by Gasteiger charge is 2.43. The molecule has 0 aromatic carbocycles. The molecule has 1 N–H and O–H groups in total. The number of hydrogen-bond donors (Lipinski definition) is 1. The van der Waals surface area contributed by atoms with Crippen molar-refractivity contribution >= 4 is 29.9 Å². The molecule has 3 rings (SSSR count). The largest absolute Gasteiger partial charge is 0.353 e.